The van der Waals surface area contributed by atoms with E-state index in [-0.39, 0.29) is 23.7 Å². The van der Waals surface area contributed by atoms with Crippen LogP contribution in [-0.2, 0) is 17.8 Å². The van der Waals surface area contributed by atoms with Crippen LogP contribution >= 0.6 is 0 Å². The van der Waals surface area contributed by atoms with Gasteiger partial charge in [0.15, 0.2) is 5.78 Å². The first-order valence-corrected chi connectivity index (χ1v) is 6.66. The molecule has 1 amide bonds. The summed E-state index contributed by atoms with van der Waals surface area (Å²) in [4.78, 5) is 35.1. The van der Waals surface area contributed by atoms with Crippen LogP contribution in [0.25, 0.3) is 0 Å². The number of amides is 1. The van der Waals surface area contributed by atoms with Crippen molar-refractivity contribution >= 4 is 11.7 Å². The molecule has 1 aliphatic rings. The fourth-order valence-corrected chi connectivity index (χ4v) is 2.44. The highest BCUT2D eigenvalue weighted by molar-refractivity contribution is 5.98. The van der Waals surface area contributed by atoms with Gasteiger partial charge in [-0.25, -0.2) is 0 Å². The average Bonchev–Trinajstić information content (AvgIpc) is 2.38. The predicted octanol–water partition coefficient (Wildman–Crippen LogP) is 0.893. The molecule has 0 bridgehead atoms. The fraction of sp³-hybridized carbons (Fsp3) is 0.500. The Morgan fingerprint density at radius 1 is 1.32 bits per heavy atom. The minimum atomic E-state index is -0.141. The summed E-state index contributed by atoms with van der Waals surface area (Å²) >= 11 is 0. The second-order valence-electron chi connectivity index (χ2n) is 4.66. The lowest BCUT2D eigenvalue weighted by Crippen LogP contribution is -2.31. The molecule has 1 aromatic heterocycles. The van der Waals surface area contributed by atoms with E-state index in [1.54, 1.807) is 10.6 Å². The zero-order valence-corrected chi connectivity index (χ0v) is 11.1. The van der Waals surface area contributed by atoms with Crippen LogP contribution in [0.15, 0.2) is 16.9 Å². The van der Waals surface area contributed by atoms with Crippen LogP contribution < -0.4 is 10.9 Å². The molecule has 0 spiro atoms. The fourth-order valence-electron chi connectivity index (χ4n) is 2.44. The Hall–Kier alpha value is -1.91. The van der Waals surface area contributed by atoms with Crippen molar-refractivity contribution in [2.45, 2.75) is 39.2 Å². The van der Waals surface area contributed by atoms with Gasteiger partial charge in [0.2, 0.25) is 5.91 Å². The van der Waals surface area contributed by atoms with Crippen molar-refractivity contribution in [1.82, 2.24) is 9.88 Å². The molecule has 2 rings (SSSR count). The molecule has 0 fully saturated rings. The summed E-state index contributed by atoms with van der Waals surface area (Å²) in [7, 11) is 0. The van der Waals surface area contributed by atoms with Crippen LogP contribution in [0.1, 0.15) is 42.2 Å². The molecular weight excluding hydrogens is 244 g/mol. The zero-order chi connectivity index (χ0) is 13.8. The lowest BCUT2D eigenvalue weighted by molar-refractivity contribution is -0.121. The van der Waals surface area contributed by atoms with E-state index in [2.05, 4.69) is 5.32 Å². The molecule has 5 nitrogen and oxygen atoms in total. The van der Waals surface area contributed by atoms with E-state index < -0.39 is 0 Å². The maximum Gasteiger partial charge on any atom is 0.250 e. The molecule has 1 heterocycles. The molecule has 1 aliphatic carbocycles. The molecule has 1 N–H and O–H groups in total. The highest BCUT2D eigenvalue weighted by Gasteiger charge is 2.20. The second-order valence-corrected chi connectivity index (χ2v) is 4.66. The number of carbonyl (C=O) groups is 2. The highest BCUT2D eigenvalue weighted by Crippen LogP contribution is 2.19. The number of hydrogen-bond acceptors (Lipinski definition) is 3. The molecule has 0 saturated heterocycles. The first-order valence-electron chi connectivity index (χ1n) is 6.66. The third-order valence-corrected chi connectivity index (χ3v) is 3.35. The summed E-state index contributed by atoms with van der Waals surface area (Å²) in [5, 5.41) is 2.70. The molecular formula is C14H18N2O3. The van der Waals surface area contributed by atoms with E-state index in [9.17, 15) is 14.4 Å². The van der Waals surface area contributed by atoms with E-state index >= 15 is 0 Å². The molecule has 0 radical (unpaired) electrons. The number of rotatable bonds is 4. The second kappa shape index (κ2) is 5.82. The monoisotopic (exact) mass is 262 g/mol. The topological polar surface area (TPSA) is 68.2 Å². The Morgan fingerprint density at radius 3 is 2.84 bits per heavy atom. The van der Waals surface area contributed by atoms with Crippen molar-refractivity contribution < 1.29 is 9.59 Å². The van der Waals surface area contributed by atoms with Crippen molar-refractivity contribution in [2.24, 2.45) is 0 Å². The minimum Gasteiger partial charge on any atom is -0.356 e. The number of Topliss-reactive ketones (excluding diaryl/α,β-unsaturated/α-hetero) is 1. The van der Waals surface area contributed by atoms with Crippen molar-refractivity contribution in [3.8, 4) is 0 Å². The van der Waals surface area contributed by atoms with Gasteiger partial charge in [0.25, 0.3) is 5.56 Å². The molecule has 5 heteroatoms. The van der Waals surface area contributed by atoms with E-state index in [0.717, 1.165) is 18.5 Å². The van der Waals surface area contributed by atoms with Crippen molar-refractivity contribution in [3.63, 3.8) is 0 Å². The zero-order valence-electron chi connectivity index (χ0n) is 11.1. The maximum atomic E-state index is 11.9. The highest BCUT2D eigenvalue weighted by atomic mass is 16.2. The number of nitrogens with one attached hydrogen (secondary N) is 1. The van der Waals surface area contributed by atoms with Crippen LogP contribution in [0.3, 0.4) is 0 Å². The van der Waals surface area contributed by atoms with Crippen molar-refractivity contribution in [1.29, 1.82) is 0 Å². The molecule has 19 heavy (non-hydrogen) atoms. The lowest BCUT2D eigenvalue weighted by atomic mass is 9.94. The quantitative estimate of drug-likeness (QED) is 0.876. The summed E-state index contributed by atoms with van der Waals surface area (Å²) in [5.74, 6) is 0.0159. The smallest absolute Gasteiger partial charge is 0.250 e. The Kier molecular flexibility index (Phi) is 4.14. The standard InChI is InChI=1S/C14H18N2O3/c1-2-15-13(18)8-9-16-11-4-3-5-12(17)10(11)6-7-14(16)19/h6-7H,2-5,8-9H2,1H3,(H,15,18). The van der Waals surface area contributed by atoms with Crippen LogP contribution in [0.5, 0.6) is 0 Å². The van der Waals surface area contributed by atoms with Gasteiger partial charge in [-0.05, 0) is 25.8 Å². The molecule has 0 aliphatic heterocycles. The van der Waals surface area contributed by atoms with E-state index in [1.165, 1.54) is 6.07 Å². The minimum absolute atomic E-state index is 0.0749. The van der Waals surface area contributed by atoms with E-state index in [1.807, 2.05) is 6.92 Å². The molecule has 0 saturated carbocycles. The number of pyridine rings is 1. The number of fused-ring (bicyclic) bond motifs is 1. The van der Waals surface area contributed by atoms with Crippen molar-refractivity contribution in [2.75, 3.05) is 6.54 Å². The Balaban J connectivity index is 2.25. The SMILES string of the molecule is CCNC(=O)CCn1c2c(ccc1=O)C(=O)CCC2. The van der Waals surface area contributed by atoms with Crippen LogP contribution in [0.4, 0.5) is 0 Å². The number of aromatic nitrogens is 1. The Morgan fingerprint density at radius 2 is 2.11 bits per heavy atom. The number of carbonyl (C=O) groups excluding carboxylic acids is 2. The first-order chi connectivity index (χ1) is 9.13. The molecule has 0 atom stereocenters. The summed E-state index contributed by atoms with van der Waals surface area (Å²) in [6.07, 6.45) is 2.31. The van der Waals surface area contributed by atoms with Gasteiger partial charge in [-0.3, -0.25) is 14.4 Å². The lowest BCUT2D eigenvalue weighted by Gasteiger charge is -2.19. The molecule has 1 aromatic rings. The largest absolute Gasteiger partial charge is 0.356 e. The van der Waals surface area contributed by atoms with E-state index in [0.29, 0.717) is 25.1 Å². The van der Waals surface area contributed by atoms with Gasteiger partial charge >= 0.3 is 0 Å². The number of ketones is 1. The van der Waals surface area contributed by atoms with Crippen LogP contribution in [-0.4, -0.2) is 22.8 Å². The van der Waals surface area contributed by atoms with Crippen molar-refractivity contribution in [3.05, 3.63) is 33.7 Å². The Labute approximate surface area is 111 Å². The summed E-state index contributed by atoms with van der Waals surface area (Å²) in [5.41, 5.74) is 1.28. The maximum absolute atomic E-state index is 11.9. The van der Waals surface area contributed by atoms with Gasteiger partial charge in [-0.15, -0.1) is 0 Å². The Bertz CT molecular complexity index is 560. The van der Waals surface area contributed by atoms with Gasteiger partial charge in [0, 0.05) is 43.3 Å². The predicted molar refractivity (Wildman–Crippen MR) is 71.3 cm³/mol. The normalized spacial score (nSPS) is 14.1. The summed E-state index contributed by atoms with van der Waals surface area (Å²) in [6, 6.07) is 3.03. The van der Waals surface area contributed by atoms with Gasteiger partial charge in [0.1, 0.15) is 0 Å². The van der Waals surface area contributed by atoms with E-state index in [4.69, 9.17) is 0 Å². The molecule has 102 valence electrons. The van der Waals surface area contributed by atoms with Gasteiger partial charge in [-0.2, -0.15) is 0 Å². The third-order valence-electron chi connectivity index (χ3n) is 3.35. The summed E-state index contributed by atoms with van der Waals surface area (Å²) in [6.45, 7) is 2.77. The number of nitrogens with zero attached hydrogens (tertiary/aromatic N) is 1. The third kappa shape index (κ3) is 2.92. The van der Waals surface area contributed by atoms with Gasteiger partial charge < -0.3 is 9.88 Å². The van der Waals surface area contributed by atoms with Crippen LogP contribution in [0, 0.1) is 0 Å². The van der Waals surface area contributed by atoms with Crippen LogP contribution in [0.2, 0.25) is 0 Å². The molecule has 0 unspecified atom stereocenters. The summed E-state index contributed by atoms with van der Waals surface area (Å²) < 4.78 is 1.57. The van der Waals surface area contributed by atoms with Gasteiger partial charge in [0.05, 0.1) is 0 Å². The molecule has 0 aromatic carbocycles. The first kappa shape index (κ1) is 13.5. The van der Waals surface area contributed by atoms with Gasteiger partial charge in [-0.1, -0.05) is 0 Å². The average molecular weight is 262 g/mol. The number of hydrogen-bond donors (Lipinski definition) is 1.